The Kier molecular flexibility index (Phi) is 8.78. The van der Waals surface area contributed by atoms with Crippen LogP contribution >= 0.6 is 19.4 Å². The summed E-state index contributed by atoms with van der Waals surface area (Å²) >= 11 is 1.42. The Bertz CT molecular complexity index is 1320. The van der Waals surface area contributed by atoms with E-state index >= 15 is 0 Å². The largest absolute Gasteiger partial charge is 0.508 e. The van der Waals surface area contributed by atoms with E-state index in [4.69, 9.17) is 24.7 Å². The number of methoxy groups -OCH3 is 1. The molecule has 0 bridgehead atoms. The lowest BCUT2D eigenvalue weighted by atomic mass is 10.3. The first-order valence-corrected chi connectivity index (χ1v) is 14.4. The maximum Gasteiger partial charge on any atom is 0.508 e. The van der Waals surface area contributed by atoms with Crippen LogP contribution in [0.5, 0.6) is 5.75 Å². The van der Waals surface area contributed by atoms with Crippen LogP contribution in [0.4, 0.5) is 10.7 Å². The van der Waals surface area contributed by atoms with E-state index < -0.39 is 32.3 Å². The molecule has 4 N–H and O–H groups in total. The van der Waals surface area contributed by atoms with E-state index in [1.807, 2.05) is 28.8 Å². The second-order valence-electron chi connectivity index (χ2n) is 9.01. The molecule has 15 heteroatoms. The topological polar surface area (TPSA) is 181 Å². The van der Waals surface area contributed by atoms with Crippen molar-refractivity contribution in [1.82, 2.24) is 19.5 Å². The first-order chi connectivity index (χ1) is 18.0. The number of fused-ring (bicyclic) bond motifs is 1. The molecule has 13 nitrogen and oxygen atoms in total. The van der Waals surface area contributed by atoms with Crippen LogP contribution in [0.25, 0.3) is 11.2 Å². The monoisotopic (exact) mass is 567 g/mol. The molecule has 1 saturated carbocycles. The van der Waals surface area contributed by atoms with Gasteiger partial charge in [0.05, 0.1) is 25.6 Å². The van der Waals surface area contributed by atoms with Crippen molar-refractivity contribution >= 4 is 42.6 Å². The molecular formula is C23H30N5O8PS. The first kappa shape index (κ1) is 28.1. The number of anilines is 1. The van der Waals surface area contributed by atoms with E-state index in [9.17, 15) is 19.1 Å². The van der Waals surface area contributed by atoms with Gasteiger partial charge >= 0.3 is 13.8 Å². The molecule has 1 aromatic carbocycles. The van der Waals surface area contributed by atoms with Gasteiger partial charge in [0.25, 0.3) is 0 Å². The van der Waals surface area contributed by atoms with E-state index in [0.29, 0.717) is 35.6 Å². The van der Waals surface area contributed by atoms with Gasteiger partial charge in [-0.3, -0.25) is 4.57 Å². The highest BCUT2D eigenvalue weighted by molar-refractivity contribution is 7.99. The summed E-state index contributed by atoms with van der Waals surface area (Å²) in [7, 11) is -3.05. The fourth-order valence-corrected chi connectivity index (χ4v) is 5.16. The minimum atomic E-state index is -4.66. The summed E-state index contributed by atoms with van der Waals surface area (Å²) in [5, 5.41) is 0.629. The molecule has 2 heterocycles. The standard InChI is InChI=1S/C23H30N5O8PS/c1-13(2)35-23(29)34-11-18(37(30,31)32)36-17-10-14(17)8-9-28-12-25-19-20(28)26-22(24)27-21(19)38-16-6-4-15(33-3)5-7-16/h4-7,12-14,17-18H,8-11H2,1-3H3,(H2,24,26,27)(H2,30,31,32). The van der Waals surface area contributed by atoms with Crippen molar-refractivity contribution in [3.05, 3.63) is 30.6 Å². The fourth-order valence-electron chi connectivity index (χ4n) is 3.70. The summed E-state index contributed by atoms with van der Waals surface area (Å²) < 4.78 is 34.2. The summed E-state index contributed by atoms with van der Waals surface area (Å²) in [4.78, 5) is 45.0. The van der Waals surface area contributed by atoms with Gasteiger partial charge in [0.15, 0.2) is 11.5 Å². The zero-order chi connectivity index (χ0) is 27.4. The molecule has 3 atom stereocenters. The molecule has 0 amide bonds. The molecule has 38 heavy (non-hydrogen) atoms. The van der Waals surface area contributed by atoms with E-state index in [1.165, 1.54) is 11.8 Å². The van der Waals surface area contributed by atoms with Crippen molar-refractivity contribution < 1.29 is 38.1 Å². The molecule has 1 fully saturated rings. The van der Waals surface area contributed by atoms with Crippen LogP contribution in [0.2, 0.25) is 0 Å². The summed E-state index contributed by atoms with van der Waals surface area (Å²) in [5.74, 6) is -0.613. The van der Waals surface area contributed by atoms with E-state index in [-0.39, 0.29) is 18.0 Å². The van der Waals surface area contributed by atoms with Crippen LogP contribution < -0.4 is 10.5 Å². The number of aromatic nitrogens is 4. The third-order valence-electron chi connectivity index (χ3n) is 5.70. The Morgan fingerprint density at radius 2 is 2.00 bits per heavy atom. The summed E-state index contributed by atoms with van der Waals surface area (Å²) in [6, 6.07) is 7.55. The molecule has 3 aromatic rings. The summed E-state index contributed by atoms with van der Waals surface area (Å²) in [6.45, 7) is 3.22. The molecule has 0 spiro atoms. The van der Waals surface area contributed by atoms with Crippen molar-refractivity contribution in [3.8, 4) is 5.75 Å². The third-order valence-corrected chi connectivity index (χ3v) is 7.71. The van der Waals surface area contributed by atoms with Gasteiger partial charge in [-0.25, -0.2) is 14.8 Å². The van der Waals surface area contributed by atoms with Gasteiger partial charge in [-0.15, -0.1) is 0 Å². The average Bonchev–Trinajstić information content (AvgIpc) is 3.47. The summed E-state index contributed by atoms with van der Waals surface area (Å²) in [6.07, 6.45) is 1.16. The second-order valence-corrected chi connectivity index (χ2v) is 11.8. The number of hydrogen-bond donors (Lipinski definition) is 3. The Morgan fingerprint density at radius 1 is 1.26 bits per heavy atom. The van der Waals surface area contributed by atoms with Crippen molar-refractivity contribution in [3.63, 3.8) is 0 Å². The zero-order valence-corrected chi connectivity index (χ0v) is 22.8. The summed E-state index contributed by atoms with van der Waals surface area (Å²) in [5.41, 5.74) is 7.19. The number of aryl methyl sites for hydroxylation is 1. The van der Waals surface area contributed by atoms with Crippen LogP contribution in [-0.4, -0.2) is 67.2 Å². The lowest BCUT2D eigenvalue weighted by Gasteiger charge is -2.19. The van der Waals surface area contributed by atoms with Gasteiger partial charge < -0.3 is 39.0 Å². The lowest BCUT2D eigenvalue weighted by molar-refractivity contribution is -0.0115. The number of benzene rings is 1. The van der Waals surface area contributed by atoms with Crippen LogP contribution in [0.1, 0.15) is 26.7 Å². The van der Waals surface area contributed by atoms with E-state index in [0.717, 1.165) is 10.6 Å². The Balaban J connectivity index is 1.36. The van der Waals surface area contributed by atoms with Crippen molar-refractivity contribution in [2.24, 2.45) is 5.92 Å². The van der Waals surface area contributed by atoms with Gasteiger partial charge in [0.2, 0.25) is 5.95 Å². The number of nitrogens with two attached hydrogens (primary N) is 1. The molecule has 3 unspecified atom stereocenters. The maximum absolute atomic E-state index is 11.8. The van der Waals surface area contributed by atoms with Gasteiger partial charge in [-0.05, 0) is 56.9 Å². The normalized spacial score (nSPS) is 17.9. The smallest absolute Gasteiger partial charge is 0.497 e. The van der Waals surface area contributed by atoms with Gasteiger partial charge in [-0.2, -0.15) is 4.98 Å². The second kappa shape index (κ2) is 11.9. The third kappa shape index (κ3) is 7.35. The highest BCUT2D eigenvalue weighted by Gasteiger charge is 2.44. The highest BCUT2D eigenvalue weighted by atomic mass is 32.2. The predicted molar refractivity (Wildman–Crippen MR) is 138 cm³/mol. The number of hydrogen-bond acceptors (Lipinski definition) is 11. The minimum Gasteiger partial charge on any atom is -0.497 e. The quantitative estimate of drug-likeness (QED) is 0.165. The molecule has 2 aromatic heterocycles. The van der Waals surface area contributed by atoms with Gasteiger partial charge in [0, 0.05) is 11.4 Å². The lowest BCUT2D eigenvalue weighted by Crippen LogP contribution is -2.25. The van der Waals surface area contributed by atoms with Crippen molar-refractivity contribution in [1.29, 1.82) is 0 Å². The molecule has 1 aliphatic rings. The van der Waals surface area contributed by atoms with Crippen LogP contribution in [0, 0.1) is 5.92 Å². The molecule has 0 aliphatic heterocycles. The fraction of sp³-hybridized carbons (Fsp3) is 0.478. The number of rotatable bonds is 12. The van der Waals surface area contributed by atoms with E-state index in [2.05, 4.69) is 15.0 Å². The molecule has 0 radical (unpaired) electrons. The van der Waals surface area contributed by atoms with Crippen LogP contribution in [0.3, 0.4) is 0 Å². The molecule has 4 rings (SSSR count). The zero-order valence-electron chi connectivity index (χ0n) is 21.1. The van der Waals surface area contributed by atoms with Crippen molar-refractivity contribution in [2.45, 2.75) is 61.2 Å². The molecule has 1 aliphatic carbocycles. The number of carbonyl (C=O) groups excluding carboxylic acids is 1. The van der Waals surface area contributed by atoms with E-state index in [1.54, 1.807) is 27.3 Å². The average molecular weight is 568 g/mol. The SMILES string of the molecule is COc1ccc(Sc2nc(N)nc3c2ncn3CCC2CC2OC(COC(=O)OC(C)C)P(=O)(O)O)cc1. The number of imidazole rings is 1. The predicted octanol–water partition coefficient (Wildman–Crippen LogP) is 3.43. The van der Waals surface area contributed by atoms with Gasteiger partial charge in [-0.1, -0.05) is 11.8 Å². The Morgan fingerprint density at radius 3 is 2.66 bits per heavy atom. The van der Waals surface area contributed by atoms with Crippen LogP contribution in [0.15, 0.2) is 40.5 Å². The van der Waals surface area contributed by atoms with Gasteiger partial charge in [0.1, 0.15) is 22.9 Å². The maximum atomic E-state index is 11.8. The number of nitrogens with zero attached hydrogens (tertiary/aromatic N) is 4. The molecule has 0 saturated heterocycles. The minimum absolute atomic E-state index is 0.0662. The first-order valence-electron chi connectivity index (χ1n) is 11.9. The number of nitrogen functional groups attached to an aromatic ring is 1. The molecule has 206 valence electrons. The van der Waals surface area contributed by atoms with Crippen molar-refractivity contribution in [2.75, 3.05) is 19.5 Å². The Labute approximate surface area is 223 Å². The number of carbonyl (C=O) groups is 1. The van der Waals surface area contributed by atoms with Crippen LogP contribution in [-0.2, 0) is 25.3 Å². The highest BCUT2D eigenvalue weighted by Crippen LogP contribution is 2.47. The molecular weight excluding hydrogens is 537 g/mol. The Hall–Kier alpha value is -2.90. The number of ether oxygens (including phenoxy) is 4.